The van der Waals surface area contributed by atoms with Crippen LogP contribution in [0.2, 0.25) is 5.02 Å². The standard InChI is InChI=1S/C20H21ClN4O2S/c1-27-18-14-17(23-6-2-3-7-23)16(21)13-15(18)19(26)24-8-4-9-25(11-10-24)20-22-5-12-28-20/h2-3,5-7,12-14H,4,8-11H2,1H3. The monoisotopic (exact) mass is 416 g/mol. The lowest BCUT2D eigenvalue weighted by atomic mass is 10.1. The maximum Gasteiger partial charge on any atom is 0.257 e. The van der Waals surface area contributed by atoms with E-state index < -0.39 is 0 Å². The van der Waals surface area contributed by atoms with Crippen molar-refractivity contribution < 1.29 is 9.53 Å². The normalized spacial score (nSPS) is 14.8. The Labute approximate surface area is 172 Å². The number of hydrogen-bond acceptors (Lipinski definition) is 5. The number of hydrogen-bond donors (Lipinski definition) is 0. The van der Waals surface area contributed by atoms with Crippen LogP contribution in [0.4, 0.5) is 5.13 Å². The summed E-state index contributed by atoms with van der Waals surface area (Å²) < 4.78 is 7.42. The summed E-state index contributed by atoms with van der Waals surface area (Å²) in [4.78, 5) is 21.7. The van der Waals surface area contributed by atoms with Gasteiger partial charge in [-0.25, -0.2) is 4.98 Å². The summed E-state index contributed by atoms with van der Waals surface area (Å²) in [6.45, 7) is 2.98. The fraction of sp³-hybridized carbons (Fsp3) is 0.300. The molecule has 146 valence electrons. The van der Waals surface area contributed by atoms with Crippen LogP contribution in [0.1, 0.15) is 16.8 Å². The van der Waals surface area contributed by atoms with Gasteiger partial charge in [0.15, 0.2) is 5.13 Å². The fourth-order valence-electron chi connectivity index (χ4n) is 3.43. The van der Waals surface area contributed by atoms with Gasteiger partial charge in [0.05, 0.1) is 23.4 Å². The Morgan fingerprint density at radius 1 is 1.18 bits per heavy atom. The van der Waals surface area contributed by atoms with E-state index in [0.717, 1.165) is 30.3 Å². The number of nitrogens with zero attached hydrogens (tertiary/aromatic N) is 4. The van der Waals surface area contributed by atoms with Gasteiger partial charge in [-0.05, 0) is 24.6 Å². The molecule has 1 aliphatic heterocycles. The third-order valence-electron chi connectivity index (χ3n) is 4.85. The summed E-state index contributed by atoms with van der Waals surface area (Å²) in [5.41, 5.74) is 1.27. The highest BCUT2D eigenvalue weighted by Gasteiger charge is 2.25. The van der Waals surface area contributed by atoms with Gasteiger partial charge in [-0.3, -0.25) is 4.79 Å². The van der Waals surface area contributed by atoms with Crippen molar-refractivity contribution in [3.63, 3.8) is 0 Å². The molecule has 28 heavy (non-hydrogen) atoms. The largest absolute Gasteiger partial charge is 0.496 e. The van der Waals surface area contributed by atoms with Crippen molar-refractivity contribution in [1.82, 2.24) is 14.5 Å². The Bertz CT molecular complexity index is 944. The van der Waals surface area contributed by atoms with Gasteiger partial charge in [0.25, 0.3) is 5.91 Å². The van der Waals surface area contributed by atoms with Crippen molar-refractivity contribution in [1.29, 1.82) is 0 Å². The number of thiazole rings is 1. The lowest BCUT2D eigenvalue weighted by molar-refractivity contribution is 0.0763. The van der Waals surface area contributed by atoms with E-state index in [9.17, 15) is 4.79 Å². The quantitative estimate of drug-likeness (QED) is 0.646. The zero-order valence-corrected chi connectivity index (χ0v) is 17.1. The first-order chi connectivity index (χ1) is 13.7. The molecule has 0 aliphatic carbocycles. The third-order valence-corrected chi connectivity index (χ3v) is 5.99. The second-order valence-corrected chi connectivity index (χ2v) is 7.82. The first-order valence-corrected chi connectivity index (χ1v) is 10.4. The number of methoxy groups -OCH3 is 1. The summed E-state index contributed by atoms with van der Waals surface area (Å²) in [5, 5.41) is 3.49. The van der Waals surface area contributed by atoms with Crippen LogP contribution in [0.25, 0.3) is 5.69 Å². The molecule has 1 amide bonds. The average molecular weight is 417 g/mol. The van der Waals surface area contributed by atoms with Crippen molar-refractivity contribution in [2.45, 2.75) is 6.42 Å². The summed E-state index contributed by atoms with van der Waals surface area (Å²) in [6.07, 6.45) is 6.52. The fourth-order valence-corrected chi connectivity index (χ4v) is 4.38. The molecule has 1 aliphatic rings. The van der Waals surface area contributed by atoms with Crippen LogP contribution in [0.15, 0.2) is 48.2 Å². The van der Waals surface area contributed by atoms with Crippen LogP contribution in [-0.4, -0.2) is 53.6 Å². The van der Waals surface area contributed by atoms with Gasteiger partial charge in [0.2, 0.25) is 0 Å². The van der Waals surface area contributed by atoms with Crippen LogP contribution >= 0.6 is 22.9 Å². The topological polar surface area (TPSA) is 50.6 Å². The van der Waals surface area contributed by atoms with Gasteiger partial charge in [-0.1, -0.05) is 11.6 Å². The van der Waals surface area contributed by atoms with Crippen molar-refractivity contribution in [2.75, 3.05) is 38.2 Å². The number of carbonyl (C=O) groups is 1. The molecule has 0 spiro atoms. The number of ether oxygens (including phenoxy) is 1. The Morgan fingerprint density at radius 2 is 2.00 bits per heavy atom. The molecule has 0 saturated carbocycles. The second kappa shape index (κ2) is 8.24. The van der Waals surface area contributed by atoms with E-state index in [0.29, 0.717) is 29.4 Å². The number of benzene rings is 1. The molecular weight excluding hydrogens is 396 g/mol. The van der Waals surface area contributed by atoms with Crippen molar-refractivity contribution in [3.8, 4) is 11.4 Å². The molecule has 8 heteroatoms. The van der Waals surface area contributed by atoms with E-state index >= 15 is 0 Å². The van der Waals surface area contributed by atoms with E-state index in [2.05, 4.69) is 9.88 Å². The highest BCUT2D eigenvalue weighted by Crippen LogP contribution is 2.31. The van der Waals surface area contributed by atoms with Gasteiger partial charge < -0.3 is 19.1 Å². The molecule has 0 bridgehead atoms. The van der Waals surface area contributed by atoms with E-state index in [1.54, 1.807) is 24.5 Å². The Morgan fingerprint density at radius 3 is 2.71 bits per heavy atom. The van der Waals surface area contributed by atoms with Crippen LogP contribution < -0.4 is 9.64 Å². The number of halogens is 1. The Kier molecular flexibility index (Phi) is 5.54. The number of amides is 1. The Balaban J connectivity index is 1.56. The van der Waals surface area contributed by atoms with Gasteiger partial charge in [0.1, 0.15) is 5.75 Å². The van der Waals surface area contributed by atoms with Crippen molar-refractivity contribution in [3.05, 3.63) is 58.8 Å². The lowest BCUT2D eigenvalue weighted by Crippen LogP contribution is -2.35. The first-order valence-electron chi connectivity index (χ1n) is 9.12. The highest BCUT2D eigenvalue weighted by atomic mass is 35.5. The van der Waals surface area contributed by atoms with E-state index in [4.69, 9.17) is 16.3 Å². The minimum absolute atomic E-state index is 0.0567. The predicted molar refractivity (Wildman–Crippen MR) is 112 cm³/mol. The minimum atomic E-state index is -0.0567. The smallest absolute Gasteiger partial charge is 0.257 e. The number of anilines is 1. The van der Waals surface area contributed by atoms with Gasteiger partial charge in [-0.2, -0.15) is 0 Å². The molecular formula is C20H21ClN4O2S. The molecule has 0 N–H and O–H groups in total. The molecule has 3 aromatic rings. The van der Waals surface area contributed by atoms with E-state index in [1.165, 1.54) is 0 Å². The number of aromatic nitrogens is 2. The van der Waals surface area contributed by atoms with Crippen molar-refractivity contribution in [2.24, 2.45) is 0 Å². The SMILES string of the molecule is COc1cc(-n2cccc2)c(Cl)cc1C(=O)N1CCCN(c2nccs2)CC1. The van der Waals surface area contributed by atoms with Crippen LogP contribution in [0.5, 0.6) is 5.75 Å². The van der Waals surface area contributed by atoms with Crippen molar-refractivity contribution >= 4 is 34.0 Å². The van der Waals surface area contributed by atoms with Crippen LogP contribution in [-0.2, 0) is 0 Å². The number of carbonyl (C=O) groups excluding carboxylic acids is 1. The maximum atomic E-state index is 13.2. The molecule has 0 radical (unpaired) electrons. The summed E-state index contributed by atoms with van der Waals surface area (Å²) in [5.74, 6) is 0.470. The molecule has 1 aromatic carbocycles. The molecule has 1 saturated heterocycles. The number of rotatable bonds is 4. The van der Waals surface area contributed by atoms with Gasteiger partial charge in [-0.15, -0.1) is 11.3 Å². The van der Waals surface area contributed by atoms with Gasteiger partial charge in [0, 0.05) is 56.2 Å². The molecule has 2 aromatic heterocycles. The van der Waals surface area contributed by atoms with Gasteiger partial charge >= 0.3 is 0 Å². The molecule has 1 fully saturated rings. The van der Waals surface area contributed by atoms with E-state index in [-0.39, 0.29) is 5.91 Å². The summed E-state index contributed by atoms with van der Waals surface area (Å²) >= 11 is 8.12. The summed E-state index contributed by atoms with van der Waals surface area (Å²) in [6, 6.07) is 7.37. The third kappa shape index (κ3) is 3.72. The van der Waals surface area contributed by atoms with E-state index in [1.807, 2.05) is 51.6 Å². The minimum Gasteiger partial charge on any atom is -0.496 e. The molecule has 0 unspecified atom stereocenters. The second-order valence-electron chi connectivity index (χ2n) is 6.54. The summed E-state index contributed by atoms with van der Waals surface area (Å²) in [7, 11) is 1.58. The molecule has 3 heterocycles. The zero-order valence-electron chi connectivity index (χ0n) is 15.5. The lowest BCUT2D eigenvalue weighted by Gasteiger charge is -2.23. The maximum absolute atomic E-state index is 13.2. The average Bonchev–Trinajstić information content (AvgIpc) is 3.38. The Hall–Kier alpha value is -2.51. The zero-order chi connectivity index (χ0) is 19.5. The molecule has 4 rings (SSSR count). The first kappa shape index (κ1) is 18.8. The highest BCUT2D eigenvalue weighted by molar-refractivity contribution is 7.13. The molecule has 6 nitrogen and oxygen atoms in total. The predicted octanol–water partition coefficient (Wildman–Crippen LogP) is 3.95. The molecule has 0 atom stereocenters. The van der Waals surface area contributed by atoms with Crippen LogP contribution in [0.3, 0.4) is 0 Å². The van der Waals surface area contributed by atoms with Crippen LogP contribution in [0, 0.1) is 0 Å².